The zero-order valence-corrected chi connectivity index (χ0v) is 13.2. The van der Waals surface area contributed by atoms with E-state index in [4.69, 9.17) is 11.6 Å². The maximum Gasteiger partial charge on any atom is 0.151 e. The number of imidazole rings is 1. The van der Waals surface area contributed by atoms with Gasteiger partial charge in [-0.15, -0.1) is 11.6 Å². The second-order valence-corrected chi connectivity index (χ2v) is 6.72. The summed E-state index contributed by atoms with van der Waals surface area (Å²) in [4.78, 5) is 4.50. The molecule has 0 bridgehead atoms. The summed E-state index contributed by atoms with van der Waals surface area (Å²) in [6.45, 7) is 1.92. The van der Waals surface area contributed by atoms with E-state index in [1.54, 1.807) is 6.07 Å². The number of hydrogen-bond donors (Lipinski definition) is 0. The molecule has 0 N–H and O–H groups in total. The molecule has 1 fully saturated rings. The molecule has 4 heteroatoms. The molecule has 0 radical (unpaired) electrons. The fourth-order valence-corrected chi connectivity index (χ4v) is 3.61. The third kappa shape index (κ3) is 2.94. The smallest absolute Gasteiger partial charge is 0.151 e. The van der Waals surface area contributed by atoms with Crippen LogP contribution in [0.3, 0.4) is 0 Å². The van der Waals surface area contributed by atoms with Gasteiger partial charge in [-0.1, -0.05) is 38.2 Å². The van der Waals surface area contributed by atoms with Gasteiger partial charge in [0, 0.05) is 6.04 Å². The van der Waals surface area contributed by atoms with Crippen LogP contribution >= 0.6 is 11.6 Å². The van der Waals surface area contributed by atoms with Gasteiger partial charge in [-0.25, -0.2) is 9.37 Å². The molecule has 3 rings (SSSR count). The molecule has 1 saturated carbocycles. The summed E-state index contributed by atoms with van der Waals surface area (Å²) in [7, 11) is 0. The molecule has 2 nitrogen and oxygen atoms in total. The number of halogens is 2. The van der Waals surface area contributed by atoms with E-state index in [1.165, 1.54) is 38.2 Å². The summed E-state index contributed by atoms with van der Waals surface area (Å²) in [5.74, 6) is 0.554. The van der Waals surface area contributed by atoms with Gasteiger partial charge in [0.15, 0.2) is 5.82 Å². The summed E-state index contributed by atoms with van der Waals surface area (Å²) in [6, 6.07) is 5.60. The lowest BCUT2D eigenvalue weighted by Gasteiger charge is -2.24. The normalized spacial score (nSPS) is 19.4. The van der Waals surface area contributed by atoms with E-state index in [0.29, 0.717) is 11.6 Å². The van der Waals surface area contributed by atoms with Crippen LogP contribution in [0.4, 0.5) is 4.39 Å². The van der Waals surface area contributed by atoms with Gasteiger partial charge in [0.1, 0.15) is 11.3 Å². The van der Waals surface area contributed by atoms with Crippen molar-refractivity contribution >= 4 is 22.6 Å². The average molecular weight is 309 g/mol. The predicted molar refractivity (Wildman–Crippen MR) is 85.3 cm³/mol. The highest BCUT2D eigenvalue weighted by molar-refractivity contribution is 6.20. The Labute approximate surface area is 130 Å². The van der Waals surface area contributed by atoms with E-state index in [9.17, 15) is 4.39 Å². The summed E-state index contributed by atoms with van der Waals surface area (Å²) in [5.41, 5.74) is 1.35. The lowest BCUT2D eigenvalue weighted by Crippen LogP contribution is -2.14. The van der Waals surface area contributed by atoms with Crippen molar-refractivity contribution in [2.24, 2.45) is 0 Å². The van der Waals surface area contributed by atoms with Crippen LogP contribution < -0.4 is 0 Å². The SMILES string of the molecule is CC(Cl)c1nc2c(F)cccc2n1C1CCCCCCC1. The maximum absolute atomic E-state index is 14.0. The maximum atomic E-state index is 14.0. The molecule has 1 aliphatic rings. The average Bonchev–Trinajstić information content (AvgIpc) is 2.80. The standard InChI is InChI=1S/C17H22ClFN2/c1-12(18)17-20-16-14(19)10-7-11-15(16)21(17)13-8-5-3-2-4-6-9-13/h7,10-13H,2-6,8-9H2,1H3. The highest BCUT2D eigenvalue weighted by atomic mass is 35.5. The van der Waals surface area contributed by atoms with Gasteiger partial charge in [-0.3, -0.25) is 0 Å². The first-order valence-corrected chi connectivity index (χ1v) is 8.42. The topological polar surface area (TPSA) is 17.8 Å². The molecule has 1 atom stereocenters. The molecule has 1 aliphatic carbocycles. The molecule has 0 spiro atoms. The Balaban J connectivity index is 2.09. The number of rotatable bonds is 2. The first kappa shape index (κ1) is 14.8. The van der Waals surface area contributed by atoms with Crippen molar-refractivity contribution < 1.29 is 4.39 Å². The molecule has 0 aliphatic heterocycles. The van der Waals surface area contributed by atoms with Crippen LogP contribution in [-0.2, 0) is 0 Å². The van der Waals surface area contributed by atoms with E-state index in [2.05, 4.69) is 9.55 Å². The minimum Gasteiger partial charge on any atom is -0.324 e. The van der Waals surface area contributed by atoms with E-state index in [1.807, 2.05) is 13.0 Å². The van der Waals surface area contributed by atoms with Crippen LogP contribution in [0.25, 0.3) is 11.0 Å². The van der Waals surface area contributed by atoms with Crippen molar-refractivity contribution in [1.29, 1.82) is 0 Å². The molecule has 1 heterocycles. The summed E-state index contributed by atoms with van der Waals surface area (Å²) in [5, 5.41) is -0.206. The highest BCUT2D eigenvalue weighted by Crippen LogP contribution is 2.34. The molecule has 1 unspecified atom stereocenters. The number of fused-ring (bicyclic) bond motifs is 1. The van der Waals surface area contributed by atoms with Gasteiger partial charge < -0.3 is 4.57 Å². The number of benzene rings is 1. The zero-order chi connectivity index (χ0) is 14.8. The Hall–Kier alpha value is -1.09. The number of nitrogens with zero attached hydrogens (tertiary/aromatic N) is 2. The van der Waals surface area contributed by atoms with Crippen molar-refractivity contribution in [3.63, 3.8) is 0 Å². The number of alkyl halides is 1. The van der Waals surface area contributed by atoms with Gasteiger partial charge in [0.25, 0.3) is 0 Å². The Morgan fingerprint density at radius 3 is 2.52 bits per heavy atom. The molecule has 2 aromatic rings. The lowest BCUT2D eigenvalue weighted by molar-refractivity contribution is 0.371. The van der Waals surface area contributed by atoms with Crippen molar-refractivity contribution in [1.82, 2.24) is 9.55 Å². The van der Waals surface area contributed by atoms with Crippen LogP contribution in [0.1, 0.15) is 69.1 Å². The van der Waals surface area contributed by atoms with Gasteiger partial charge in [0.2, 0.25) is 0 Å². The van der Waals surface area contributed by atoms with E-state index >= 15 is 0 Å². The summed E-state index contributed by atoms with van der Waals surface area (Å²) in [6.07, 6.45) is 8.67. The largest absolute Gasteiger partial charge is 0.324 e. The zero-order valence-electron chi connectivity index (χ0n) is 12.5. The summed E-state index contributed by atoms with van der Waals surface area (Å²) < 4.78 is 16.2. The second kappa shape index (κ2) is 6.35. The first-order valence-electron chi connectivity index (χ1n) is 7.99. The number of para-hydroxylation sites is 1. The fraction of sp³-hybridized carbons (Fsp3) is 0.588. The first-order chi connectivity index (χ1) is 10.2. The van der Waals surface area contributed by atoms with E-state index in [0.717, 1.165) is 24.2 Å². The van der Waals surface area contributed by atoms with Crippen LogP contribution in [0.2, 0.25) is 0 Å². The molecule has 114 valence electrons. The minimum absolute atomic E-state index is 0.206. The Morgan fingerprint density at radius 2 is 1.86 bits per heavy atom. The lowest BCUT2D eigenvalue weighted by atomic mass is 9.96. The Morgan fingerprint density at radius 1 is 1.19 bits per heavy atom. The highest BCUT2D eigenvalue weighted by Gasteiger charge is 2.23. The Kier molecular flexibility index (Phi) is 4.48. The second-order valence-electron chi connectivity index (χ2n) is 6.06. The molecule has 21 heavy (non-hydrogen) atoms. The summed E-state index contributed by atoms with van der Waals surface area (Å²) >= 11 is 6.32. The van der Waals surface area contributed by atoms with Crippen LogP contribution in [0.5, 0.6) is 0 Å². The molecule has 1 aromatic carbocycles. The monoisotopic (exact) mass is 308 g/mol. The van der Waals surface area contributed by atoms with Gasteiger partial charge in [0.05, 0.1) is 10.9 Å². The van der Waals surface area contributed by atoms with Crippen LogP contribution in [-0.4, -0.2) is 9.55 Å². The van der Waals surface area contributed by atoms with Crippen LogP contribution in [0.15, 0.2) is 18.2 Å². The number of hydrogen-bond acceptors (Lipinski definition) is 1. The Bertz CT molecular complexity index is 613. The van der Waals surface area contributed by atoms with Crippen molar-refractivity contribution in [2.75, 3.05) is 0 Å². The molecular weight excluding hydrogens is 287 g/mol. The molecule has 0 amide bonds. The van der Waals surface area contributed by atoms with Crippen molar-refractivity contribution in [3.8, 4) is 0 Å². The fourth-order valence-electron chi connectivity index (χ4n) is 3.46. The quantitative estimate of drug-likeness (QED) is 0.645. The van der Waals surface area contributed by atoms with Gasteiger partial charge in [-0.2, -0.15) is 0 Å². The predicted octanol–water partition coefficient (Wildman–Crippen LogP) is 5.76. The molecule has 0 saturated heterocycles. The van der Waals surface area contributed by atoms with Crippen molar-refractivity contribution in [2.45, 2.75) is 63.3 Å². The van der Waals surface area contributed by atoms with E-state index < -0.39 is 0 Å². The van der Waals surface area contributed by atoms with Crippen molar-refractivity contribution in [3.05, 3.63) is 29.8 Å². The number of aromatic nitrogens is 2. The molecular formula is C17H22ClFN2. The van der Waals surface area contributed by atoms with Gasteiger partial charge in [-0.05, 0) is 31.9 Å². The van der Waals surface area contributed by atoms with E-state index in [-0.39, 0.29) is 11.2 Å². The third-order valence-electron chi connectivity index (χ3n) is 4.49. The molecule has 1 aromatic heterocycles. The van der Waals surface area contributed by atoms with Gasteiger partial charge >= 0.3 is 0 Å². The van der Waals surface area contributed by atoms with Crippen LogP contribution in [0, 0.1) is 5.82 Å². The minimum atomic E-state index is -0.254. The third-order valence-corrected chi connectivity index (χ3v) is 4.69.